The van der Waals surface area contributed by atoms with Crippen LogP contribution in [0.3, 0.4) is 0 Å². The van der Waals surface area contributed by atoms with Gasteiger partial charge in [-0.25, -0.2) is 0 Å². The highest BCUT2D eigenvalue weighted by molar-refractivity contribution is 5.85. The van der Waals surface area contributed by atoms with Gasteiger partial charge in [0.15, 0.2) is 0 Å². The lowest BCUT2D eigenvalue weighted by Gasteiger charge is -2.13. The predicted molar refractivity (Wildman–Crippen MR) is 74.1 cm³/mol. The number of likely N-dealkylation sites (N-methyl/N-ethyl adjacent to an activating group) is 1. The van der Waals surface area contributed by atoms with E-state index in [-0.39, 0.29) is 18.3 Å². The monoisotopic (exact) mass is 266 g/mol. The molecule has 1 amide bonds. The number of carbonyl (C=O) groups is 1. The highest BCUT2D eigenvalue weighted by Gasteiger charge is 2.53. The second-order valence-electron chi connectivity index (χ2n) is 5.05. The standard InChI is InChI=1S/C14H18N2O.ClH/c1-15-8-12(17)16-14-11-7-6-9-4-2-3-5-10(9)13(11)14;/h2-5,11,13-15H,6-8H2,1H3,(H,16,17);1H. The SMILES string of the molecule is CNCC(=O)NC1C2CCc3ccccc3C21.Cl. The fourth-order valence-electron chi connectivity index (χ4n) is 3.16. The van der Waals surface area contributed by atoms with E-state index < -0.39 is 0 Å². The highest BCUT2D eigenvalue weighted by atomic mass is 35.5. The van der Waals surface area contributed by atoms with Crippen LogP contribution in [0.25, 0.3) is 0 Å². The van der Waals surface area contributed by atoms with Crippen molar-refractivity contribution in [1.82, 2.24) is 10.6 Å². The van der Waals surface area contributed by atoms with Crippen LogP contribution in [0.4, 0.5) is 0 Å². The molecule has 0 radical (unpaired) electrons. The summed E-state index contributed by atoms with van der Waals surface area (Å²) in [6, 6.07) is 9.02. The molecule has 1 aromatic carbocycles. The lowest BCUT2D eigenvalue weighted by molar-refractivity contribution is -0.120. The molecule has 1 saturated carbocycles. The fourth-order valence-corrected chi connectivity index (χ4v) is 3.16. The quantitative estimate of drug-likeness (QED) is 0.870. The smallest absolute Gasteiger partial charge is 0.234 e. The van der Waals surface area contributed by atoms with Gasteiger partial charge in [-0.15, -0.1) is 12.4 Å². The molecule has 0 aromatic heterocycles. The van der Waals surface area contributed by atoms with Gasteiger partial charge in [-0.1, -0.05) is 24.3 Å². The van der Waals surface area contributed by atoms with Crippen LogP contribution in [0.1, 0.15) is 23.5 Å². The average Bonchev–Trinajstić information content (AvgIpc) is 3.03. The Kier molecular flexibility index (Phi) is 3.93. The molecule has 3 atom stereocenters. The van der Waals surface area contributed by atoms with Gasteiger partial charge in [-0.2, -0.15) is 0 Å². The number of rotatable bonds is 3. The van der Waals surface area contributed by atoms with Crippen molar-refractivity contribution in [2.75, 3.05) is 13.6 Å². The van der Waals surface area contributed by atoms with E-state index in [1.54, 1.807) is 7.05 Å². The number of nitrogens with one attached hydrogen (secondary N) is 2. The maximum atomic E-state index is 11.6. The second-order valence-corrected chi connectivity index (χ2v) is 5.05. The summed E-state index contributed by atoms with van der Waals surface area (Å²) in [7, 11) is 1.80. The number of hydrogen-bond acceptors (Lipinski definition) is 2. The summed E-state index contributed by atoms with van der Waals surface area (Å²) in [6.45, 7) is 0.414. The maximum Gasteiger partial charge on any atom is 0.234 e. The minimum absolute atomic E-state index is 0. The molecule has 2 aliphatic rings. The molecule has 4 heteroatoms. The number of halogens is 1. The molecule has 3 rings (SSSR count). The molecule has 0 heterocycles. The van der Waals surface area contributed by atoms with Gasteiger partial charge in [-0.3, -0.25) is 4.79 Å². The van der Waals surface area contributed by atoms with Crippen molar-refractivity contribution < 1.29 is 4.79 Å². The van der Waals surface area contributed by atoms with Gasteiger partial charge in [0.1, 0.15) is 0 Å². The van der Waals surface area contributed by atoms with E-state index in [4.69, 9.17) is 0 Å². The van der Waals surface area contributed by atoms with Gasteiger partial charge < -0.3 is 10.6 Å². The van der Waals surface area contributed by atoms with Gasteiger partial charge >= 0.3 is 0 Å². The fraction of sp³-hybridized carbons (Fsp3) is 0.500. The summed E-state index contributed by atoms with van der Waals surface area (Å²) in [5, 5.41) is 6.03. The molecule has 0 aliphatic heterocycles. The Morgan fingerprint density at radius 2 is 2.17 bits per heavy atom. The highest BCUT2D eigenvalue weighted by Crippen LogP contribution is 2.54. The number of hydrogen-bond donors (Lipinski definition) is 2. The summed E-state index contributed by atoms with van der Waals surface area (Å²) < 4.78 is 0. The summed E-state index contributed by atoms with van der Waals surface area (Å²) in [6.07, 6.45) is 2.38. The predicted octanol–water partition coefficient (Wildman–Crippen LogP) is 1.47. The maximum absolute atomic E-state index is 11.6. The Balaban J connectivity index is 0.00000120. The van der Waals surface area contributed by atoms with E-state index in [0.29, 0.717) is 24.4 Å². The molecule has 0 saturated heterocycles. The van der Waals surface area contributed by atoms with Crippen LogP contribution < -0.4 is 10.6 Å². The molecular formula is C14H19ClN2O. The largest absolute Gasteiger partial charge is 0.351 e. The Bertz CT molecular complexity index is 449. The Hall–Kier alpha value is -1.06. The van der Waals surface area contributed by atoms with E-state index in [0.717, 1.165) is 6.42 Å². The number of fused-ring (bicyclic) bond motifs is 3. The van der Waals surface area contributed by atoms with E-state index in [1.165, 1.54) is 17.5 Å². The third kappa shape index (κ3) is 2.25. The molecule has 0 bridgehead atoms. The van der Waals surface area contributed by atoms with Gasteiger partial charge in [-0.05, 0) is 36.9 Å². The number of amides is 1. The van der Waals surface area contributed by atoms with Crippen LogP contribution >= 0.6 is 12.4 Å². The third-order valence-electron chi connectivity index (χ3n) is 3.99. The normalized spacial score (nSPS) is 27.5. The molecule has 18 heavy (non-hydrogen) atoms. The molecule has 3 unspecified atom stereocenters. The van der Waals surface area contributed by atoms with Crippen molar-refractivity contribution in [2.45, 2.75) is 24.8 Å². The number of benzene rings is 1. The van der Waals surface area contributed by atoms with Gasteiger partial charge in [0, 0.05) is 12.0 Å². The minimum Gasteiger partial charge on any atom is -0.351 e. The van der Waals surface area contributed by atoms with Crippen LogP contribution in [0, 0.1) is 5.92 Å². The molecule has 1 fully saturated rings. The first-order chi connectivity index (χ1) is 8.31. The van der Waals surface area contributed by atoms with Gasteiger partial charge in [0.05, 0.1) is 6.54 Å². The van der Waals surface area contributed by atoms with Crippen molar-refractivity contribution in [3.63, 3.8) is 0 Å². The lowest BCUT2D eigenvalue weighted by atomic mass is 9.92. The molecule has 0 spiro atoms. The van der Waals surface area contributed by atoms with Gasteiger partial charge in [0.2, 0.25) is 5.91 Å². The summed E-state index contributed by atoms with van der Waals surface area (Å²) >= 11 is 0. The van der Waals surface area contributed by atoms with E-state index in [2.05, 4.69) is 34.9 Å². The molecule has 1 aromatic rings. The zero-order valence-corrected chi connectivity index (χ0v) is 11.3. The number of aryl methyl sites for hydroxylation is 1. The van der Waals surface area contributed by atoms with Gasteiger partial charge in [0.25, 0.3) is 0 Å². The average molecular weight is 267 g/mol. The van der Waals surface area contributed by atoms with Crippen molar-refractivity contribution in [3.8, 4) is 0 Å². The van der Waals surface area contributed by atoms with Crippen molar-refractivity contribution in [2.24, 2.45) is 5.92 Å². The first-order valence-corrected chi connectivity index (χ1v) is 6.33. The summed E-state index contributed by atoms with van der Waals surface area (Å²) in [5.74, 6) is 1.36. The van der Waals surface area contributed by atoms with Crippen molar-refractivity contribution in [1.29, 1.82) is 0 Å². The van der Waals surface area contributed by atoms with Crippen LogP contribution in [0.5, 0.6) is 0 Å². The van der Waals surface area contributed by atoms with E-state index >= 15 is 0 Å². The van der Waals surface area contributed by atoms with Crippen LogP contribution in [0.15, 0.2) is 24.3 Å². The Labute approximate surface area is 114 Å². The van der Waals surface area contributed by atoms with Crippen LogP contribution in [-0.2, 0) is 11.2 Å². The van der Waals surface area contributed by atoms with Crippen molar-refractivity contribution >= 4 is 18.3 Å². The van der Waals surface area contributed by atoms with E-state index in [1.807, 2.05) is 0 Å². The Morgan fingerprint density at radius 1 is 1.39 bits per heavy atom. The third-order valence-corrected chi connectivity index (χ3v) is 3.99. The zero-order chi connectivity index (χ0) is 11.8. The van der Waals surface area contributed by atoms with Crippen LogP contribution in [-0.4, -0.2) is 25.5 Å². The topological polar surface area (TPSA) is 41.1 Å². The first-order valence-electron chi connectivity index (χ1n) is 6.33. The molecule has 2 aliphatic carbocycles. The minimum atomic E-state index is 0. The molecule has 3 nitrogen and oxygen atoms in total. The number of carbonyl (C=O) groups excluding carboxylic acids is 1. The summed E-state index contributed by atoms with van der Waals surface area (Å²) in [4.78, 5) is 11.6. The molecule has 98 valence electrons. The molecule has 2 N–H and O–H groups in total. The summed E-state index contributed by atoms with van der Waals surface area (Å²) in [5.41, 5.74) is 2.93. The zero-order valence-electron chi connectivity index (χ0n) is 10.5. The lowest BCUT2D eigenvalue weighted by Crippen LogP contribution is -2.34. The molecular weight excluding hydrogens is 248 g/mol. The Morgan fingerprint density at radius 3 is 2.94 bits per heavy atom. The van der Waals surface area contributed by atoms with E-state index in [9.17, 15) is 4.79 Å². The first kappa shape index (κ1) is 13.4. The van der Waals surface area contributed by atoms with Crippen LogP contribution in [0.2, 0.25) is 0 Å². The second kappa shape index (κ2) is 5.29. The van der Waals surface area contributed by atoms with Crippen molar-refractivity contribution in [3.05, 3.63) is 35.4 Å².